The molecule has 0 aliphatic carbocycles. The van der Waals surface area contributed by atoms with E-state index in [0.717, 1.165) is 0 Å². The van der Waals surface area contributed by atoms with Gasteiger partial charge in [-0.3, -0.25) is 15.0 Å². The number of nitro groups is 1. The van der Waals surface area contributed by atoms with Crippen molar-refractivity contribution in [3.05, 3.63) is 39.7 Å². The highest BCUT2D eigenvalue weighted by Crippen LogP contribution is 2.25. The lowest BCUT2D eigenvalue weighted by Crippen LogP contribution is -2.51. The van der Waals surface area contributed by atoms with Crippen LogP contribution in [0.2, 0.25) is 0 Å². The Morgan fingerprint density at radius 2 is 2.25 bits per heavy atom. The maximum Gasteiger partial charge on any atom is 0.305 e. The molecule has 1 heterocycles. The summed E-state index contributed by atoms with van der Waals surface area (Å²) in [6.45, 7) is 7.65. The molecule has 110 valence electrons. The van der Waals surface area contributed by atoms with E-state index in [2.05, 4.69) is 4.90 Å². The predicted molar refractivity (Wildman–Crippen MR) is 73.0 cm³/mol. The quantitative estimate of drug-likeness (QED) is 0.632. The molecule has 1 aromatic carbocycles. The van der Waals surface area contributed by atoms with Gasteiger partial charge in [-0.25, -0.2) is 0 Å². The minimum absolute atomic E-state index is 0.0560. The molecule has 0 saturated carbocycles. The Hall–Kier alpha value is -1.53. The van der Waals surface area contributed by atoms with Gasteiger partial charge in [0.25, 0.3) is 0 Å². The van der Waals surface area contributed by atoms with Gasteiger partial charge in [0.15, 0.2) is 0 Å². The zero-order valence-corrected chi connectivity index (χ0v) is 11.9. The maximum absolute atomic E-state index is 14.1. The highest BCUT2D eigenvalue weighted by molar-refractivity contribution is 5.36. The molecule has 5 nitrogen and oxygen atoms in total. The molecule has 1 unspecified atom stereocenters. The van der Waals surface area contributed by atoms with E-state index in [1.54, 1.807) is 6.07 Å². The molecule has 1 aromatic rings. The number of morpholine rings is 1. The average molecular weight is 282 g/mol. The van der Waals surface area contributed by atoms with Crippen molar-refractivity contribution in [2.75, 3.05) is 13.1 Å². The lowest BCUT2D eigenvalue weighted by atomic mass is 10.0. The summed E-state index contributed by atoms with van der Waals surface area (Å²) in [7, 11) is 0. The molecule has 20 heavy (non-hydrogen) atoms. The van der Waals surface area contributed by atoms with Crippen LogP contribution >= 0.6 is 0 Å². The van der Waals surface area contributed by atoms with Gasteiger partial charge in [-0.1, -0.05) is 12.1 Å². The lowest BCUT2D eigenvalue weighted by molar-refractivity contribution is -0.387. The van der Waals surface area contributed by atoms with Gasteiger partial charge in [-0.05, 0) is 20.8 Å². The third-order valence-corrected chi connectivity index (χ3v) is 3.29. The van der Waals surface area contributed by atoms with Gasteiger partial charge in [0, 0.05) is 31.3 Å². The first-order valence-corrected chi connectivity index (χ1v) is 6.60. The summed E-state index contributed by atoms with van der Waals surface area (Å²) in [4.78, 5) is 12.1. The van der Waals surface area contributed by atoms with E-state index in [9.17, 15) is 14.5 Å². The number of rotatable bonds is 3. The highest BCUT2D eigenvalue weighted by atomic mass is 19.1. The normalized spacial score (nSPS) is 22.7. The van der Waals surface area contributed by atoms with Gasteiger partial charge < -0.3 is 4.74 Å². The van der Waals surface area contributed by atoms with E-state index >= 15 is 0 Å². The minimum atomic E-state index is -0.741. The fourth-order valence-corrected chi connectivity index (χ4v) is 2.78. The first-order chi connectivity index (χ1) is 9.28. The van der Waals surface area contributed by atoms with Crippen molar-refractivity contribution in [3.8, 4) is 0 Å². The van der Waals surface area contributed by atoms with Crippen LogP contribution in [0, 0.1) is 15.9 Å². The van der Waals surface area contributed by atoms with Gasteiger partial charge in [0.05, 0.1) is 16.6 Å². The second-order valence-electron chi connectivity index (χ2n) is 5.87. The Kier molecular flexibility index (Phi) is 4.06. The largest absolute Gasteiger partial charge is 0.370 e. The molecule has 1 fully saturated rings. The highest BCUT2D eigenvalue weighted by Gasteiger charge is 2.32. The Balaban J connectivity index is 2.18. The van der Waals surface area contributed by atoms with Crippen molar-refractivity contribution in [3.63, 3.8) is 0 Å². The average Bonchev–Trinajstić information content (AvgIpc) is 2.28. The van der Waals surface area contributed by atoms with Crippen LogP contribution in [0.15, 0.2) is 18.2 Å². The van der Waals surface area contributed by atoms with E-state index < -0.39 is 16.4 Å². The Morgan fingerprint density at radius 3 is 2.85 bits per heavy atom. The van der Waals surface area contributed by atoms with Crippen molar-refractivity contribution in [1.82, 2.24) is 4.90 Å². The van der Waals surface area contributed by atoms with E-state index in [4.69, 9.17) is 4.74 Å². The maximum atomic E-state index is 14.1. The molecule has 0 N–H and O–H groups in total. The van der Waals surface area contributed by atoms with Crippen LogP contribution < -0.4 is 0 Å². The summed E-state index contributed by atoms with van der Waals surface area (Å²) in [6, 6.07) is 4.30. The second kappa shape index (κ2) is 5.46. The molecule has 2 rings (SSSR count). The minimum Gasteiger partial charge on any atom is -0.370 e. The van der Waals surface area contributed by atoms with Crippen molar-refractivity contribution in [1.29, 1.82) is 0 Å². The molecular formula is C14H19FN2O3. The molecule has 1 saturated heterocycles. The summed E-state index contributed by atoms with van der Waals surface area (Å²) in [5.74, 6) is -0.741. The van der Waals surface area contributed by atoms with Crippen LogP contribution in [0.1, 0.15) is 26.3 Å². The molecule has 1 aliphatic heterocycles. The number of hydrogen-bond acceptors (Lipinski definition) is 4. The number of halogens is 1. The monoisotopic (exact) mass is 282 g/mol. The Morgan fingerprint density at radius 1 is 1.55 bits per heavy atom. The van der Waals surface area contributed by atoms with Crippen LogP contribution in [0.4, 0.5) is 10.1 Å². The molecule has 1 aliphatic rings. The smallest absolute Gasteiger partial charge is 0.305 e. The van der Waals surface area contributed by atoms with E-state index in [1.807, 2.05) is 20.8 Å². The molecule has 0 aromatic heterocycles. The van der Waals surface area contributed by atoms with Gasteiger partial charge in [-0.15, -0.1) is 0 Å². The van der Waals surface area contributed by atoms with Crippen LogP contribution in [0.5, 0.6) is 0 Å². The fourth-order valence-electron chi connectivity index (χ4n) is 2.78. The molecule has 0 radical (unpaired) electrons. The standard InChI is InChI=1S/C14H19FN2O3/c1-10-7-16(9-14(2,3)20-10)8-11-5-4-6-12(13(11)15)17(18)19/h4-6,10H,7-9H2,1-3H3. The summed E-state index contributed by atoms with van der Waals surface area (Å²) in [5.41, 5.74) is -0.415. The number of nitrogens with zero attached hydrogens (tertiary/aromatic N) is 2. The third kappa shape index (κ3) is 3.32. The predicted octanol–water partition coefficient (Wildman–Crippen LogP) is 2.73. The summed E-state index contributed by atoms with van der Waals surface area (Å²) in [5, 5.41) is 10.8. The van der Waals surface area contributed by atoms with Crippen LogP contribution in [0.3, 0.4) is 0 Å². The molecule has 6 heteroatoms. The van der Waals surface area contributed by atoms with Crippen LogP contribution in [-0.2, 0) is 11.3 Å². The van der Waals surface area contributed by atoms with E-state index in [0.29, 0.717) is 25.2 Å². The van der Waals surface area contributed by atoms with E-state index in [1.165, 1.54) is 12.1 Å². The lowest BCUT2D eigenvalue weighted by Gasteiger charge is -2.41. The van der Waals surface area contributed by atoms with Crippen molar-refractivity contribution >= 4 is 5.69 Å². The van der Waals surface area contributed by atoms with Crippen molar-refractivity contribution in [2.24, 2.45) is 0 Å². The summed E-state index contributed by atoms with van der Waals surface area (Å²) in [6.07, 6.45) is 0.0560. The SMILES string of the molecule is CC1CN(Cc2cccc([N+](=O)[O-])c2F)CC(C)(C)O1. The summed E-state index contributed by atoms with van der Waals surface area (Å²) < 4.78 is 19.9. The molecular weight excluding hydrogens is 263 g/mol. The van der Waals surface area contributed by atoms with E-state index in [-0.39, 0.29) is 11.7 Å². The van der Waals surface area contributed by atoms with Crippen molar-refractivity contribution < 1.29 is 14.1 Å². The zero-order chi connectivity index (χ0) is 14.9. The zero-order valence-electron chi connectivity index (χ0n) is 11.9. The Bertz CT molecular complexity index is 519. The van der Waals surface area contributed by atoms with Gasteiger partial charge in [0.2, 0.25) is 5.82 Å². The van der Waals surface area contributed by atoms with Gasteiger partial charge in [0.1, 0.15) is 0 Å². The van der Waals surface area contributed by atoms with Gasteiger partial charge in [-0.2, -0.15) is 4.39 Å². The number of nitro benzene ring substituents is 1. The molecule has 0 amide bonds. The van der Waals surface area contributed by atoms with Gasteiger partial charge >= 0.3 is 5.69 Å². The first-order valence-electron chi connectivity index (χ1n) is 6.60. The molecule has 0 bridgehead atoms. The van der Waals surface area contributed by atoms with Crippen LogP contribution in [-0.4, -0.2) is 34.6 Å². The summed E-state index contributed by atoms with van der Waals surface area (Å²) >= 11 is 0. The number of benzene rings is 1. The first kappa shape index (κ1) is 14.9. The molecule has 0 spiro atoms. The fraction of sp³-hybridized carbons (Fsp3) is 0.571. The van der Waals surface area contributed by atoms with Crippen LogP contribution in [0.25, 0.3) is 0 Å². The number of ether oxygens (including phenoxy) is 1. The topological polar surface area (TPSA) is 55.6 Å². The Labute approximate surface area is 117 Å². The third-order valence-electron chi connectivity index (χ3n) is 3.29. The molecule has 1 atom stereocenters. The second-order valence-corrected chi connectivity index (χ2v) is 5.87. The number of hydrogen-bond donors (Lipinski definition) is 0. The van der Waals surface area contributed by atoms with Crippen molar-refractivity contribution in [2.45, 2.75) is 39.0 Å².